The molecule has 1 amide bonds. The van der Waals surface area contributed by atoms with Gasteiger partial charge < -0.3 is 9.64 Å². The van der Waals surface area contributed by atoms with Crippen LogP contribution in [0.4, 0.5) is 11.4 Å². The first-order valence-corrected chi connectivity index (χ1v) is 9.88. The summed E-state index contributed by atoms with van der Waals surface area (Å²) in [7, 11) is -2.25. The monoisotopic (exact) mass is 374 g/mol. The summed E-state index contributed by atoms with van der Waals surface area (Å²) in [6.07, 6.45) is 1.86. The first-order chi connectivity index (χ1) is 12.3. The molecule has 0 spiro atoms. The Balaban J connectivity index is 1.96. The molecule has 0 saturated heterocycles. The van der Waals surface area contributed by atoms with Gasteiger partial charge in [0.2, 0.25) is 5.91 Å². The molecule has 26 heavy (non-hydrogen) atoms. The zero-order chi connectivity index (χ0) is 18.9. The minimum atomic E-state index is -3.79. The number of ether oxygens (including phenoxy) is 1. The summed E-state index contributed by atoms with van der Waals surface area (Å²) < 4.78 is 33.5. The Morgan fingerprint density at radius 2 is 1.88 bits per heavy atom. The van der Waals surface area contributed by atoms with Gasteiger partial charge in [-0.15, -0.1) is 0 Å². The summed E-state index contributed by atoms with van der Waals surface area (Å²) in [5.41, 5.74) is 1.70. The van der Waals surface area contributed by atoms with E-state index >= 15 is 0 Å². The summed E-state index contributed by atoms with van der Waals surface area (Å²) >= 11 is 0. The van der Waals surface area contributed by atoms with Crippen LogP contribution in [0.2, 0.25) is 0 Å². The molecule has 0 aliphatic heterocycles. The van der Waals surface area contributed by atoms with Gasteiger partial charge in [-0.1, -0.05) is 12.1 Å². The van der Waals surface area contributed by atoms with Crippen molar-refractivity contribution in [2.45, 2.75) is 37.6 Å². The third kappa shape index (κ3) is 3.67. The second-order valence-corrected chi connectivity index (χ2v) is 8.06. The van der Waals surface area contributed by atoms with Crippen LogP contribution in [0.25, 0.3) is 0 Å². The average molecular weight is 374 g/mol. The van der Waals surface area contributed by atoms with E-state index in [2.05, 4.69) is 4.72 Å². The van der Waals surface area contributed by atoms with Crippen molar-refractivity contribution in [1.82, 2.24) is 0 Å². The Morgan fingerprint density at radius 3 is 2.46 bits per heavy atom. The van der Waals surface area contributed by atoms with Gasteiger partial charge >= 0.3 is 0 Å². The molecule has 1 aliphatic rings. The normalized spacial score (nSPS) is 14.0. The summed E-state index contributed by atoms with van der Waals surface area (Å²) in [4.78, 5) is 13.9. The van der Waals surface area contributed by atoms with Crippen LogP contribution in [0, 0.1) is 6.92 Å². The fraction of sp³-hybridized carbons (Fsp3) is 0.316. The fourth-order valence-electron chi connectivity index (χ4n) is 2.95. The van der Waals surface area contributed by atoms with E-state index in [0.717, 1.165) is 18.4 Å². The molecule has 0 radical (unpaired) electrons. The quantitative estimate of drug-likeness (QED) is 0.842. The number of para-hydroxylation sites is 2. The minimum Gasteiger partial charge on any atom is -0.496 e. The number of rotatable bonds is 6. The summed E-state index contributed by atoms with van der Waals surface area (Å²) in [5, 5.41) is 0. The number of benzene rings is 2. The number of hydrogen-bond acceptors (Lipinski definition) is 4. The van der Waals surface area contributed by atoms with Crippen LogP contribution in [0.15, 0.2) is 47.4 Å². The Hall–Kier alpha value is -2.54. The van der Waals surface area contributed by atoms with Crippen LogP contribution in [0.5, 0.6) is 5.75 Å². The lowest BCUT2D eigenvalue weighted by Crippen LogP contribution is -2.31. The summed E-state index contributed by atoms with van der Waals surface area (Å²) in [6, 6.07) is 11.8. The molecule has 0 atom stereocenters. The predicted molar refractivity (Wildman–Crippen MR) is 101 cm³/mol. The number of sulfonamides is 1. The second kappa shape index (κ2) is 6.99. The first kappa shape index (κ1) is 18.3. The van der Waals surface area contributed by atoms with Crippen LogP contribution in [0.3, 0.4) is 0 Å². The van der Waals surface area contributed by atoms with Crippen molar-refractivity contribution >= 4 is 27.3 Å². The minimum absolute atomic E-state index is 0.0977. The van der Waals surface area contributed by atoms with E-state index < -0.39 is 10.0 Å². The van der Waals surface area contributed by atoms with Gasteiger partial charge in [-0.25, -0.2) is 8.42 Å². The molecule has 6 nitrogen and oxygen atoms in total. The Bertz CT molecular complexity index is 936. The smallest absolute Gasteiger partial charge is 0.261 e. The van der Waals surface area contributed by atoms with Gasteiger partial charge in [0.15, 0.2) is 0 Å². The number of aryl methyl sites for hydroxylation is 1. The maximum absolute atomic E-state index is 12.8. The molecule has 3 rings (SSSR count). The average Bonchev–Trinajstić information content (AvgIpc) is 3.41. The summed E-state index contributed by atoms with van der Waals surface area (Å²) in [6.45, 7) is 3.28. The highest BCUT2D eigenvalue weighted by molar-refractivity contribution is 7.92. The van der Waals surface area contributed by atoms with Crippen molar-refractivity contribution < 1.29 is 17.9 Å². The molecule has 1 fully saturated rings. The molecule has 0 bridgehead atoms. The number of carbonyl (C=O) groups is 1. The Labute approximate surface area is 153 Å². The predicted octanol–water partition coefficient (Wildman–Crippen LogP) is 3.32. The van der Waals surface area contributed by atoms with Gasteiger partial charge in [0.05, 0.1) is 23.4 Å². The number of methoxy groups -OCH3 is 1. The SMILES string of the molecule is COc1ccc(S(=O)(=O)Nc2ccccc2N(C(C)=O)C2CC2)cc1C. The van der Waals surface area contributed by atoms with Crippen molar-refractivity contribution in [2.75, 3.05) is 16.7 Å². The van der Waals surface area contributed by atoms with Gasteiger partial charge in [0.25, 0.3) is 10.0 Å². The van der Waals surface area contributed by atoms with Gasteiger partial charge in [-0.3, -0.25) is 9.52 Å². The molecule has 1 N–H and O–H groups in total. The van der Waals surface area contributed by atoms with E-state index in [9.17, 15) is 13.2 Å². The molecule has 1 aliphatic carbocycles. The topological polar surface area (TPSA) is 75.7 Å². The molecule has 2 aromatic carbocycles. The molecular formula is C19H22N2O4S. The van der Waals surface area contributed by atoms with E-state index in [1.165, 1.54) is 13.0 Å². The van der Waals surface area contributed by atoms with Gasteiger partial charge in [-0.2, -0.15) is 0 Å². The first-order valence-electron chi connectivity index (χ1n) is 8.40. The van der Waals surface area contributed by atoms with Crippen LogP contribution < -0.4 is 14.4 Å². The Kier molecular flexibility index (Phi) is 4.91. The highest BCUT2D eigenvalue weighted by Gasteiger charge is 2.33. The molecule has 138 valence electrons. The number of nitrogens with one attached hydrogen (secondary N) is 1. The van der Waals surface area contributed by atoms with E-state index in [0.29, 0.717) is 17.1 Å². The highest BCUT2D eigenvalue weighted by Crippen LogP contribution is 2.36. The maximum Gasteiger partial charge on any atom is 0.261 e. The van der Waals surface area contributed by atoms with Crippen molar-refractivity contribution in [3.8, 4) is 5.75 Å². The highest BCUT2D eigenvalue weighted by atomic mass is 32.2. The van der Waals surface area contributed by atoms with E-state index in [1.54, 1.807) is 55.3 Å². The van der Waals surface area contributed by atoms with E-state index in [-0.39, 0.29) is 16.8 Å². The van der Waals surface area contributed by atoms with Crippen LogP contribution in [-0.4, -0.2) is 27.5 Å². The maximum atomic E-state index is 12.8. The third-order valence-corrected chi connectivity index (χ3v) is 5.70. The van der Waals surface area contributed by atoms with Gasteiger partial charge in [0, 0.05) is 13.0 Å². The van der Waals surface area contributed by atoms with E-state index in [4.69, 9.17) is 4.74 Å². The van der Waals surface area contributed by atoms with Crippen molar-refractivity contribution in [1.29, 1.82) is 0 Å². The largest absolute Gasteiger partial charge is 0.496 e. The molecule has 0 aromatic heterocycles. The second-order valence-electron chi connectivity index (χ2n) is 6.37. The lowest BCUT2D eigenvalue weighted by Gasteiger charge is -2.24. The summed E-state index contributed by atoms with van der Waals surface area (Å²) in [5.74, 6) is 0.528. The molecule has 7 heteroatoms. The number of anilines is 2. The number of carbonyl (C=O) groups excluding carboxylic acids is 1. The van der Waals surface area contributed by atoms with Gasteiger partial charge in [0.1, 0.15) is 5.75 Å². The van der Waals surface area contributed by atoms with Crippen molar-refractivity contribution in [2.24, 2.45) is 0 Å². The number of amides is 1. The standard InChI is InChI=1S/C19H22N2O4S/c1-13-12-16(10-11-19(13)25-3)26(23,24)20-17-6-4-5-7-18(17)21(14(2)22)15-8-9-15/h4-7,10-12,15,20H,8-9H2,1-3H3. The van der Waals surface area contributed by atoms with Crippen molar-refractivity contribution in [3.05, 3.63) is 48.0 Å². The van der Waals surface area contributed by atoms with Crippen LogP contribution >= 0.6 is 0 Å². The molecule has 0 unspecified atom stereocenters. The molecular weight excluding hydrogens is 352 g/mol. The van der Waals surface area contributed by atoms with E-state index in [1.807, 2.05) is 0 Å². The Morgan fingerprint density at radius 1 is 1.19 bits per heavy atom. The lowest BCUT2D eigenvalue weighted by atomic mass is 10.2. The van der Waals surface area contributed by atoms with Crippen molar-refractivity contribution in [3.63, 3.8) is 0 Å². The number of nitrogens with zero attached hydrogens (tertiary/aromatic N) is 1. The van der Waals surface area contributed by atoms with Crippen LogP contribution in [-0.2, 0) is 14.8 Å². The molecule has 1 saturated carbocycles. The zero-order valence-electron chi connectivity index (χ0n) is 15.0. The fourth-order valence-corrected chi connectivity index (χ4v) is 4.11. The molecule has 0 heterocycles. The number of hydrogen-bond donors (Lipinski definition) is 1. The zero-order valence-corrected chi connectivity index (χ0v) is 15.8. The lowest BCUT2D eigenvalue weighted by molar-refractivity contribution is -0.116. The third-order valence-electron chi connectivity index (χ3n) is 4.34. The van der Waals surface area contributed by atoms with Crippen LogP contribution in [0.1, 0.15) is 25.3 Å². The van der Waals surface area contributed by atoms with Gasteiger partial charge in [-0.05, 0) is 55.7 Å². The molecule has 2 aromatic rings.